The van der Waals surface area contributed by atoms with Crippen LogP contribution in [0.15, 0.2) is 54.6 Å². The third kappa shape index (κ3) is 5.30. The Morgan fingerprint density at radius 2 is 1.77 bits per heavy atom. The number of nitrogens with one attached hydrogen (secondary N) is 1. The van der Waals surface area contributed by atoms with Crippen LogP contribution in [0.5, 0.6) is 0 Å². The first-order valence-electron chi connectivity index (χ1n) is 11.9. The molecule has 9 heteroatoms. The summed E-state index contributed by atoms with van der Waals surface area (Å²) in [6.45, 7) is 5.17. The Balaban J connectivity index is 1.63. The molecule has 2 aromatic rings. The largest absolute Gasteiger partial charge is 0.337 e. The normalized spacial score (nSPS) is 20.9. The molecule has 2 saturated heterocycles. The maximum atomic E-state index is 13.6. The Labute approximate surface area is 205 Å². The molecule has 0 spiro atoms. The van der Waals surface area contributed by atoms with Crippen LogP contribution in [0, 0.1) is 11.7 Å². The summed E-state index contributed by atoms with van der Waals surface area (Å²) in [7, 11) is 1.69. The molecule has 1 N–H and O–H groups in total. The molecule has 0 aromatic heterocycles. The predicted octanol–water partition coefficient (Wildman–Crippen LogP) is 2.98. The molecule has 2 aliphatic heterocycles. The van der Waals surface area contributed by atoms with E-state index in [0.717, 1.165) is 17.5 Å². The highest BCUT2D eigenvalue weighted by molar-refractivity contribution is 5.92. The van der Waals surface area contributed by atoms with Crippen LogP contribution in [-0.4, -0.2) is 70.5 Å². The van der Waals surface area contributed by atoms with E-state index in [1.807, 2.05) is 30.3 Å². The average Bonchev–Trinajstić information content (AvgIpc) is 2.83. The maximum Gasteiger partial charge on any atom is 0.334 e. The summed E-state index contributed by atoms with van der Waals surface area (Å²) in [4.78, 5) is 43.5. The fraction of sp³-hybridized carbons (Fsp3) is 0.423. The van der Waals surface area contributed by atoms with Gasteiger partial charge in [0.15, 0.2) is 0 Å². The van der Waals surface area contributed by atoms with Crippen molar-refractivity contribution >= 4 is 17.8 Å². The van der Waals surface area contributed by atoms with Crippen LogP contribution in [0.3, 0.4) is 0 Å². The fourth-order valence-corrected chi connectivity index (χ4v) is 4.63. The minimum atomic E-state index is -0.796. The highest BCUT2D eigenvalue weighted by atomic mass is 19.1. The van der Waals surface area contributed by atoms with Crippen molar-refractivity contribution in [3.05, 3.63) is 71.5 Å². The molecule has 8 nitrogen and oxygen atoms in total. The molecule has 2 heterocycles. The predicted molar refractivity (Wildman–Crippen MR) is 129 cm³/mol. The van der Waals surface area contributed by atoms with E-state index in [0.29, 0.717) is 12.5 Å². The molecule has 4 amide bonds. The van der Waals surface area contributed by atoms with E-state index >= 15 is 0 Å². The molecule has 186 valence electrons. The molecule has 0 aliphatic carbocycles. The summed E-state index contributed by atoms with van der Waals surface area (Å²) in [5.41, 5.74) is 1.48. The van der Waals surface area contributed by atoms with E-state index < -0.39 is 12.2 Å². The standard InChI is InChI=1S/C26H32FN5O3/c1-18(2)13-14-30-16-22-31(24(25(30)34)20-7-5-4-6-8-20)23(33)17-29(3)32(22)26(35)28-15-19-9-11-21(27)12-10-19/h4-12,18,22,24H,13-17H2,1-3H3,(H,28,35)/t22?,24-/m0/s1. The Morgan fingerprint density at radius 3 is 2.43 bits per heavy atom. The smallest absolute Gasteiger partial charge is 0.334 e. The van der Waals surface area contributed by atoms with Crippen LogP contribution in [0.25, 0.3) is 0 Å². The molecular weight excluding hydrogens is 449 g/mol. The van der Waals surface area contributed by atoms with Gasteiger partial charge < -0.3 is 15.1 Å². The van der Waals surface area contributed by atoms with Crippen LogP contribution >= 0.6 is 0 Å². The number of urea groups is 1. The Kier molecular flexibility index (Phi) is 7.35. The minimum absolute atomic E-state index is 0.0247. The van der Waals surface area contributed by atoms with Gasteiger partial charge in [-0.05, 0) is 35.6 Å². The zero-order valence-corrected chi connectivity index (χ0v) is 20.4. The molecule has 4 rings (SSSR count). The minimum Gasteiger partial charge on any atom is -0.337 e. The van der Waals surface area contributed by atoms with Crippen molar-refractivity contribution < 1.29 is 18.8 Å². The first kappa shape index (κ1) is 24.7. The second-order valence-corrected chi connectivity index (χ2v) is 9.51. The number of rotatable bonds is 6. The van der Waals surface area contributed by atoms with Crippen molar-refractivity contribution in [2.45, 2.75) is 39.0 Å². The van der Waals surface area contributed by atoms with Gasteiger partial charge in [-0.15, -0.1) is 0 Å². The fourth-order valence-electron chi connectivity index (χ4n) is 4.63. The third-order valence-electron chi connectivity index (χ3n) is 6.49. The summed E-state index contributed by atoms with van der Waals surface area (Å²) < 4.78 is 13.2. The van der Waals surface area contributed by atoms with Gasteiger partial charge in [-0.1, -0.05) is 56.3 Å². The number of halogens is 1. The van der Waals surface area contributed by atoms with Crippen LogP contribution < -0.4 is 5.32 Å². The maximum absolute atomic E-state index is 13.6. The molecular formula is C26H32FN5O3. The number of hydrogen-bond donors (Lipinski definition) is 1. The van der Waals surface area contributed by atoms with Crippen molar-refractivity contribution in [3.63, 3.8) is 0 Å². The van der Waals surface area contributed by atoms with Crippen molar-refractivity contribution in [2.24, 2.45) is 5.92 Å². The highest BCUT2D eigenvalue weighted by Crippen LogP contribution is 2.34. The number of benzene rings is 2. The van der Waals surface area contributed by atoms with Crippen LogP contribution in [0.1, 0.15) is 37.4 Å². The SMILES string of the molecule is CC(C)CCN1CC2N(C(=O)CN(C)N2C(=O)NCc2ccc(F)cc2)[C@@H](c2ccccc2)C1=O. The summed E-state index contributed by atoms with van der Waals surface area (Å²) >= 11 is 0. The molecule has 2 aliphatic rings. The second kappa shape index (κ2) is 10.4. The Morgan fingerprint density at radius 1 is 1.09 bits per heavy atom. The van der Waals surface area contributed by atoms with Gasteiger partial charge in [0.1, 0.15) is 18.0 Å². The van der Waals surface area contributed by atoms with E-state index in [9.17, 15) is 18.8 Å². The lowest BCUT2D eigenvalue weighted by Crippen LogP contribution is -2.73. The molecule has 2 fully saturated rings. The zero-order valence-electron chi connectivity index (χ0n) is 20.4. The lowest BCUT2D eigenvalue weighted by atomic mass is 9.98. The number of fused-ring (bicyclic) bond motifs is 1. The monoisotopic (exact) mass is 481 g/mol. The number of piperazine rings is 1. The molecule has 0 bridgehead atoms. The number of likely N-dealkylation sites (N-methyl/N-ethyl adjacent to an activating group) is 1. The third-order valence-corrected chi connectivity index (χ3v) is 6.49. The van der Waals surface area contributed by atoms with E-state index in [-0.39, 0.29) is 43.3 Å². The lowest BCUT2D eigenvalue weighted by molar-refractivity contribution is -0.187. The summed E-state index contributed by atoms with van der Waals surface area (Å²) in [6.07, 6.45) is 0.171. The Hall–Kier alpha value is -3.46. The number of nitrogens with zero attached hydrogens (tertiary/aromatic N) is 4. The quantitative estimate of drug-likeness (QED) is 0.688. The van der Waals surface area contributed by atoms with E-state index in [4.69, 9.17) is 0 Å². The molecule has 35 heavy (non-hydrogen) atoms. The average molecular weight is 482 g/mol. The second-order valence-electron chi connectivity index (χ2n) is 9.51. The number of amides is 4. The molecule has 2 atom stereocenters. The van der Waals surface area contributed by atoms with Crippen LogP contribution in [-0.2, 0) is 16.1 Å². The van der Waals surface area contributed by atoms with Gasteiger partial charge in [0.05, 0.1) is 13.1 Å². The van der Waals surface area contributed by atoms with Gasteiger partial charge in [-0.3, -0.25) is 9.59 Å². The van der Waals surface area contributed by atoms with E-state index in [2.05, 4.69) is 19.2 Å². The summed E-state index contributed by atoms with van der Waals surface area (Å²) in [6, 6.07) is 14.0. The zero-order chi connectivity index (χ0) is 25.1. The number of hydrazine groups is 1. The van der Waals surface area contributed by atoms with Crippen LogP contribution in [0.2, 0.25) is 0 Å². The van der Waals surface area contributed by atoms with Gasteiger partial charge in [-0.2, -0.15) is 0 Å². The number of hydrogen-bond acceptors (Lipinski definition) is 4. The highest BCUT2D eigenvalue weighted by Gasteiger charge is 2.51. The van der Waals surface area contributed by atoms with Gasteiger partial charge in [0.25, 0.3) is 0 Å². The van der Waals surface area contributed by atoms with Gasteiger partial charge >= 0.3 is 6.03 Å². The van der Waals surface area contributed by atoms with Gasteiger partial charge in [0.2, 0.25) is 11.8 Å². The van der Waals surface area contributed by atoms with Crippen molar-refractivity contribution in [1.29, 1.82) is 0 Å². The summed E-state index contributed by atoms with van der Waals surface area (Å²) in [5, 5.41) is 6.00. The molecule has 1 unspecified atom stereocenters. The summed E-state index contributed by atoms with van der Waals surface area (Å²) in [5.74, 6) is -0.268. The first-order chi connectivity index (χ1) is 16.8. The van der Waals surface area contributed by atoms with Gasteiger partial charge in [0, 0.05) is 20.1 Å². The van der Waals surface area contributed by atoms with E-state index in [1.165, 1.54) is 17.1 Å². The number of carbonyl (C=O) groups excluding carboxylic acids is 3. The Bertz CT molecular complexity index is 1060. The van der Waals surface area contributed by atoms with Crippen LogP contribution in [0.4, 0.5) is 9.18 Å². The first-order valence-corrected chi connectivity index (χ1v) is 11.9. The van der Waals surface area contributed by atoms with E-state index in [1.54, 1.807) is 34.0 Å². The van der Waals surface area contributed by atoms with Gasteiger partial charge in [-0.25, -0.2) is 19.2 Å². The van der Waals surface area contributed by atoms with Crippen molar-refractivity contribution in [1.82, 2.24) is 25.1 Å². The lowest BCUT2D eigenvalue weighted by Gasteiger charge is -2.54. The van der Waals surface area contributed by atoms with Crippen molar-refractivity contribution in [3.8, 4) is 0 Å². The number of carbonyl (C=O) groups is 3. The molecule has 0 saturated carbocycles. The molecule has 0 radical (unpaired) electrons. The topological polar surface area (TPSA) is 76.2 Å². The molecule has 2 aromatic carbocycles. The van der Waals surface area contributed by atoms with Crippen molar-refractivity contribution in [2.75, 3.05) is 26.7 Å².